The molecule has 2 heterocycles. The van der Waals surface area contributed by atoms with Gasteiger partial charge in [-0.1, -0.05) is 30.3 Å². The minimum atomic E-state index is -0.585. The first kappa shape index (κ1) is 14.0. The molecular formula is C20H17NO2. The lowest BCUT2D eigenvalue weighted by atomic mass is 10.0. The van der Waals surface area contributed by atoms with E-state index in [2.05, 4.69) is 23.2 Å². The Balaban J connectivity index is 2.12. The lowest BCUT2D eigenvalue weighted by Gasteiger charge is -2.06. The lowest BCUT2D eigenvalue weighted by Crippen LogP contribution is -1.92. The molecule has 23 heavy (non-hydrogen) atoms. The summed E-state index contributed by atoms with van der Waals surface area (Å²) in [4.78, 5) is 4.52. The molecule has 2 aromatic carbocycles. The van der Waals surface area contributed by atoms with Gasteiger partial charge < -0.3 is 9.52 Å². The highest BCUT2D eigenvalue weighted by Crippen LogP contribution is 2.37. The van der Waals surface area contributed by atoms with E-state index in [0.717, 1.165) is 44.3 Å². The SMILES string of the molecule is Cc1cc(C(C)O)c2oc3c(-c4ccccc4)ccnc3c2c1. The molecule has 0 spiro atoms. The van der Waals surface area contributed by atoms with Crippen LogP contribution in [-0.2, 0) is 0 Å². The zero-order chi connectivity index (χ0) is 16.0. The van der Waals surface area contributed by atoms with Gasteiger partial charge in [0.25, 0.3) is 0 Å². The first-order valence-electron chi connectivity index (χ1n) is 7.70. The molecule has 1 atom stereocenters. The fourth-order valence-corrected chi connectivity index (χ4v) is 3.09. The van der Waals surface area contributed by atoms with Crippen LogP contribution < -0.4 is 0 Å². The molecular weight excluding hydrogens is 286 g/mol. The standard InChI is InChI=1S/C20H17NO2/c1-12-10-16(13(2)22)19-17(11-12)18-20(23-19)15(8-9-21-18)14-6-4-3-5-7-14/h3-11,13,22H,1-2H3. The Morgan fingerprint density at radius 2 is 1.83 bits per heavy atom. The second kappa shape index (κ2) is 5.21. The van der Waals surface area contributed by atoms with Crippen molar-refractivity contribution >= 4 is 22.1 Å². The van der Waals surface area contributed by atoms with Crippen molar-refractivity contribution in [2.45, 2.75) is 20.0 Å². The van der Waals surface area contributed by atoms with Gasteiger partial charge >= 0.3 is 0 Å². The number of rotatable bonds is 2. The second-order valence-corrected chi connectivity index (χ2v) is 5.91. The van der Waals surface area contributed by atoms with Crippen molar-refractivity contribution in [3.8, 4) is 11.1 Å². The Morgan fingerprint density at radius 3 is 2.57 bits per heavy atom. The van der Waals surface area contributed by atoms with Crippen LogP contribution in [0, 0.1) is 6.92 Å². The van der Waals surface area contributed by atoms with E-state index in [9.17, 15) is 5.11 Å². The van der Waals surface area contributed by atoms with Crippen LogP contribution in [0.1, 0.15) is 24.2 Å². The van der Waals surface area contributed by atoms with Gasteiger partial charge in [0.05, 0.1) is 6.10 Å². The summed E-state index contributed by atoms with van der Waals surface area (Å²) in [5.74, 6) is 0. The van der Waals surface area contributed by atoms with Crippen LogP contribution in [0.15, 0.2) is 59.1 Å². The number of fused-ring (bicyclic) bond motifs is 3. The maximum absolute atomic E-state index is 10.1. The highest BCUT2D eigenvalue weighted by Gasteiger charge is 2.18. The molecule has 0 aliphatic carbocycles. The van der Waals surface area contributed by atoms with E-state index in [1.807, 2.05) is 43.5 Å². The Hall–Kier alpha value is -2.65. The largest absolute Gasteiger partial charge is 0.453 e. The van der Waals surface area contributed by atoms with Crippen molar-refractivity contribution in [2.24, 2.45) is 0 Å². The molecule has 0 amide bonds. The molecule has 3 heteroatoms. The summed E-state index contributed by atoms with van der Waals surface area (Å²) in [6.07, 6.45) is 1.22. The van der Waals surface area contributed by atoms with Crippen LogP contribution in [0.3, 0.4) is 0 Å². The molecule has 2 aromatic heterocycles. The van der Waals surface area contributed by atoms with Crippen molar-refractivity contribution in [3.63, 3.8) is 0 Å². The smallest absolute Gasteiger partial charge is 0.161 e. The van der Waals surface area contributed by atoms with Gasteiger partial charge in [-0.3, -0.25) is 4.98 Å². The number of aromatic nitrogens is 1. The molecule has 4 rings (SSSR count). The van der Waals surface area contributed by atoms with Crippen molar-refractivity contribution in [1.82, 2.24) is 4.98 Å². The molecule has 0 aliphatic heterocycles. The van der Waals surface area contributed by atoms with Crippen LogP contribution in [0.25, 0.3) is 33.2 Å². The third-order valence-corrected chi connectivity index (χ3v) is 4.16. The maximum atomic E-state index is 10.1. The summed E-state index contributed by atoms with van der Waals surface area (Å²) >= 11 is 0. The van der Waals surface area contributed by atoms with E-state index in [1.54, 1.807) is 6.92 Å². The van der Waals surface area contributed by atoms with Crippen LogP contribution >= 0.6 is 0 Å². The third-order valence-electron chi connectivity index (χ3n) is 4.16. The Labute approximate surface area is 134 Å². The predicted octanol–water partition coefficient (Wildman–Crippen LogP) is 5.01. The van der Waals surface area contributed by atoms with Gasteiger partial charge in [-0.25, -0.2) is 0 Å². The fourth-order valence-electron chi connectivity index (χ4n) is 3.09. The van der Waals surface area contributed by atoms with Crippen LogP contribution in [0.2, 0.25) is 0 Å². The van der Waals surface area contributed by atoms with Crippen molar-refractivity contribution in [3.05, 3.63) is 65.9 Å². The van der Waals surface area contributed by atoms with Gasteiger partial charge in [-0.05, 0) is 43.2 Å². The summed E-state index contributed by atoms with van der Waals surface area (Å²) in [6, 6.07) is 16.1. The van der Waals surface area contributed by atoms with Gasteiger partial charge in [-0.2, -0.15) is 0 Å². The Kier molecular flexibility index (Phi) is 3.17. The summed E-state index contributed by atoms with van der Waals surface area (Å²) in [7, 11) is 0. The molecule has 0 bridgehead atoms. The van der Waals surface area contributed by atoms with Gasteiger partial charge in [0.15, 0.2) is 5.58 Å². The topological polar surface area (TPSA) is 46.3 Å². The average Bonchev–Trinajstić information content (AvgIpc) is 2.93. The number of hydrogen-bond donors (Lipinski definition) is 1. The van der Waals surface area contributed by atoms with E-state index in [4.69, 9.17) is 4.42 Å². The summed E-state index contributed by atoms with van der Waals surface area (Å²) in [5, 5.41) is 11.0. The van der Waals surface area contributed by atoms with Crippen LogP contribution in [-0.4, -0.2) is 10.1 Å². The van der Waals surface area contributed by atoms with E-state index in [1.165, 1.54) is 0 Å². The normalized spacial score (nSPS) is 12.8. The minimum Gasteiger partial charge on any atom is -0.453 e. The highest BCUT2D eigenvalue weighted by molar-refractivity contribution is 6.08. The van der Waals surface area contributed by atoms with Gasteiger partial charge in [-0.15, -0.1) is 0 Å². The molecule has 4 aromatic rings. The molecule has 114 valence electrons. The van der Waals surface area contributed by atoms with Gasteiger partial charge in [0, 0.05) is 22.7 Å². The van der Waals surface area contributed by atoms with Crippen molar-refractivity contribution in [1.29, 1.82) is 0 Å². The molecule has 0 aliphatic rings. The monoisotopic (exact) mass is 303 g/mol. The summed E-state index contributed by atoms with van der Waals surface area (Å²) in [5.41, 5.74) is 6.32. The molecule has 3 nitrogen and oxygen atoms in total. The van der Waals surface area contributed by atoms with Crippen molar-refractivity contribution < 1.29 is 9.52 Å². The first-order valence-corrected chi connectivity index (χ1v) is 7.70. The van der Waals surface area contributed by atoms with E-state index >= 15 is 0 Å². The van der Waals surface area contributed by atoms with Gasteiger partial charge in [0.2, 0.25) is 0 Å². The number of hydrogen-bond acceptors (Lipinski definition) is 3. The number of aliphatic hydroxyl groups is 1. The third kappa shape index (κ3) is 2.21. The Morgan fingerprint density at radius 1 is 1.04 bits per heavy atom. The number of benzene rings is 2. The number of pyridine rings is 1. The minimum absolute atomic E-state index is 0.585. The summed E-state index contributed by atoms with van der Waals surface area (Å²) in [6.45, 7) is 3.78. The lowest BCUT2D eigenvalue weighted by molar-refractivity contribution is 0.199. The zero-order valence-electron chi connectivity index (χ0n) is 13.1. The Bertz CT molecular complexity index is 1000. The number of aliphatic hydroxyl groups excluding tert-OH is 1. The van der Waals surface area contributed by atoms with E-state index < -0.39 is 6.10 Å². The summed E-state index contributed by atoms with van der Waals surface area (Å²) < 4.78 is 6.16. The number of aryl methyl sites for hydroxylation is 1. The average molecular weight is 303 g/mol. The molecule has 0 saturated carbocycles. The van der Waals surface area contributed by atoms with Crippen molar-refractivity contribution in [2.75, 3.05) is 0 Å². The molecule has 0 saturated heterocycles. The highest BCUT2D eigenvalue weighted by atomic mass is 16.3. The molecule has 0 fully saturated rings. The molecule has 1 unspecified atom stereocenters. The quantitative estimate of drug-likeness (QED) is 0.566. The molecule has 0 radical (unpaired) electrons. The number of furan rings is 1. The zero-order valence-corrected chi connectivity index (χ0v) is 13.1. The van der Waals surface area contributed by atoms with Crippen LogP contribution in [0.5, 0.6) is 0 Å². The van der Waals surface area contributed by atoms with E-state index in [-0.39, 0.29) is 0 Å². The molecule has 1 N–H and O–H groups in total. The predicted molar refractivity (Wildman–Crippen MR) is 92.3 cm³/mol. The maximum Gasteiger partial charge on any atom is 0.161 e. The van der Waals surface area contributed by atoms with E-state index in [0.29, 0.717) is 0 Å². The van der Waals surface area contributed by atoms with Gasteiger partial charge in [0.1, 0.15) is 11.1 Å². The second-order valence-electron chi connectivity index (χ2n) is 5.91. The fraction of sp³-hybridized carbons (Fsp3) is 0.150. The first-order chi connectivity index (χ1) is 11.1. The van der Waals surface area contributed by atoms with Crippen LogP contribution in [0.4, 0.5) is 0 Å². The number of nitrogens with zero attached hydrogens (tertiary/aromatic N) is 1.